The van der Waals surface area contributed by atoms with Crippen molar-refractivity contribution in [3.63, 3.8) is 0 Å². The van der Waals surface area contributed by atoms with Crippen molar-refractivity contribution in [2.24, 2.45) is 0 Å². The van der Waals surface area contributed by atoms with Crippen LogP contribution in [-0.2, 0) is 16.0 Å². The number of ether oxygens (including phenoxy) is 1. The van der Waals surface area contributed by atoms with Gasteiger partial charge in [-0.25, -0.2) is 4.79 Å². The largest absolute Gasteiger partial charge is 0.507 e. The molecule has 5 nitrogen and oxygen atoms in total. The molecule has 0 fully saturated rings. The number of rotatable bonds is 3. The van der Waals surface area contributed by atoms with Gasteiger partial charge in [0.25, 0.3) is 0 Å². The molecule has 80 valence electrons. The van der Waals surface area contributed by atoms with Crippen molar-refractivity contribution in [1.29, 1.82) is 0 Å². The van der Waals surface area contributed by atoms with E-state index in [9.17, 15) is 14.7 Å². The lowest BCUT2D eigenvalue weighted by molar-refractivity contribution is -0.139. The second-order valence-corrected chi connectivity index (χ2v) is 2.91. The van der Waals surface area contributed by atoms with Crippen LogP contribution < -0.4 is 0 Å². The molecule has 0 bridgehead atoms. The molecule has 0 aromatic heterocycles. The Morgan fingerprint density at radius 2 is 2.07 bits per heavy atom. The van der Waals surface area contributed by atoms with Crippen molar-refractivity contribution in [3.8, 4) is 5.75 Å². The summed E-state index contributed by atoms with van der Waals surface area (Å²) in [5.41, 5.74) is 0.258. The maximum atomic E-state index is 10.9. The van der Waals surface area contributed by atoms with Gasteiger partial charge in [0.05, 0.1) is 13.5 Å². The lowest BCUT2D eigenvalue weighted by atomic mass is 10.1. The average Bonchev–Trinajstić information content (AvgIpc) is 2.20. The molecule has 0 atom stereocenters. The number of carboxylic acid groups (broad SMARTS) is 1. The quantitative estimate of drug-likeness (QED) is 0.721. The SMILES string of the molecule is COC(=O)Cc1ccc(O)c(C(=O)O)c1. The van der Waals surface area contributed by atoms with Crippen LogP contribution in [0, 0.1) is 0 Å². The maximum absolute atomic E-state index is 10.9. The molecule has 5 heteroatoms. The van der Waals surface area contributed by atoms with Crippen molar-refractivity contribution in [3.05, 3.63) is 29.3 Å². The minimum atomic E-state index is -1.24. The minimum absolute atomic E-state index is 0.0168. The number of carbonyl (C=O) groups excluding carboxylic acids is 1. The Morgan fingerprint density at radius 3 is 2.60 bits per heavy atom. The Labute approximate surface area is 85.9 Å². The average molecular weight is 210 g/mol. The standard InChI is InChI=1S/C10H10O5/c1-15-9(12)5-6-2-3-8(11)7(4-6)10(13)14/h2-4,11H,5H2,1H3,(H,13,14). The Hall–Kier alpha value is -2.04. The van der Waals surface area contributed by atoms with Crippen LogP contribution in [-0.4, -0.2) is 29.3 Å². The van der Waals surface area contributed by atoms with Crippen LogP contribution in [0.5, 0.6) is 5.75 Å². The van der Waals surface area contributed by atoms with Gasteiger partial charge in [-0.05, 0) is 17.7 Å². The normalized spacial score (nSPS) is 9.67. The number of methoxy groups -OCH3 is 1. The fourth-order valence-corrected chi connectivity index (χ4v) is 1.10. The molecule has 0 unspecified atom stereocenters. The third-order valence-corrected chi connectivity index (χ3v) is 1.87. The Bertz CT molecular complexity index is 397. The molecule has 0 aliphatic heterocycles. The number of carboxylic acids is 1. The summed E-state index contributed by atoms with van der Waals surface area (Å²) < 4.78 is 4.44. The van der Waals surface area contributed by atoms with Gasteiger partial charge in [-0.3, -0.25) is 4.79 Å². The maximum Gasteiger partial charge on any atom is 0.339 e. The van der Waals surface area contributed by atoms with Gasteiger partial charge in [-0.1, -0.05) is 6.07 Å². The molecule has 0 aliphatic rings. The highest BCUT2D eigenvalue weighted by atomic mass is 16.5. The van der Waals surface area contributed by atoms with Gasteiger partial charge >= 0.3 is 11.9 Å². The van der Waals surface area contributed by atoms with E-state index in [0.717, 1.165) is 0 Å². The highest BCUT2D eigenvalue weighted by Crippen LogP contribution is 2.18. The van der Waals surface area contributed by atoms with Gasteiger partial charge in [-0.2, -0.15) is 0 Å². The number of hydrogen-bond donors (Lipinski definition) is 2. The second kappa shape index (κ2) is 4.45. The number of esters is 1. The number of hydrogen-bond acceptors (Lipinski definition) is 4. The molecule has 0 aliphatic carbocycles. The molecule has 1 aromatic rings. The van der Waals surface area contributed by atoms with Crippen molar-refractivity contribution in [2.75, 3.05) is 7.11 Å². The molecular formula is C10H10O5. The summed E-state index contributed by atoms with van der Waals surface area (Å²) >= 11 is 0. The number of aromatic hydroxyl groups is 1. The van der Waals surface area contributed by atoms with Gasteiger partial charge in [0.1, 0.15) is 11.3 Å². The summed E-state index contributed by atoms with van der Waals surface area (Å²) in [6, 6.07) is 3.95. The Balaban J connectivity index is 2.97. The second-order valence-electron chi connectivity index (χ2n) is 2.91. The zero-order valence-electron chi connectivity index (χ0n) is 8.06. The van der Waals surface area contributed by atoms with E-state index in [1.165, 1.54) is 25.3 Å². The van der Waals surface area contributed by atoms with Gasteiger partial charge in [0.15, 0.2) is 0 Å². The molecule has 15 heavy (non-hydrogen) atoms. The summed E-state index contributed by atoms with van der Waals surface area (Å²) in [7, 11) is 1.25. The first-order chi connectivity index (χ1) is 7.04. The molecule has 1 rings (SSSR count). The van der Waals surface area contributed by atoms with Crippen molar-refractivity contribution >= 4 is 11.9 Å². The number of phenols is 1. The predicted octanol–water partition coefficient (Wildman–Crippen LogP) is 0.806. The first kappa shape index (κ1) is 11.0. The Kier molecular flexibility index (Phi) is 3.28. The fourth-order valence-electron chi connectivity index (χ4n) is 1.10. The molecule has 0 radical (unpaired) electrons. The molecule has 0 saturated carbocycles. The summed E-state index contributed by atoms with van der Waals surface area (Å²) in [6.07, 6.45) is -0.0168. The lowest BCUT2D eigenvalue weighted by Crippen LogP contribution is -2.06. The highest BCUT2D eigenvalue weighted by molar-refractivity contribution is 5.91. The lowest BCUT2D eigenvalue weighted by Gasteiger charge is -2.03. The van der Waals surface area contributed by atoms with E-state index in [1.54, 1.807) is 0 Å². The van der Waals surface area contributed by atoms with E-state index >= 15 is 0 Å². The summed E-state index contributed by atoms with van der Waals surface area (Å²) in [6.45, 7) is 0. The minimum Gasteiger partial charge on any atom is -0.507 e. The molecule has 0 saturated heterocycles. The molecule has 0 spiro atoms. The first-order valence-corrected chi connectivity index (χ1v) is 4.16. The van der Waals surface area contributed by atoms with E-state index in [1.807, 2.05) is 0 Å². The van der Waals surface area contributed by atoms with Crippen LogP contribution >= 0.6 is 0 Å². The monoisotopic (exact) mass is 210 g/mol. The van der Waals surface area contributed by atoms with E-state index in [4.69, 9.17) is 5.11 Å². The zero-order valence-corrected chi connectivity index (χ0v) is 8.06. The number of carbonyl (C=O) groups is 2. The fraction of sp³-hybridized carbons (Fsp3) is 0.200. The van der Waals surface area contributed by atoms with Crippen LogP contribution in [0.25, 0.3) is 0 Å². The summed E-state index contributed by atoms with van der Waals surface area (Å²) in [5, 5.41) is 17.9. The van der Waals surface area contributed by atoms with Gasteiger partial charge in [0, 0.05) is 0 Å². The number of benzene rings is 1. The van der Waals surface area contributed by atoms with E-state index in [2.05, 4.69) is 4.74 Å². The van der Waals surface area contributed by atoms with Crippen molar-refractivity contribution in [2.45, 2.75) is 6.42 Å². The highest BCUT2D eigenvalue weighted by Gasteiger charge is 2.11. The van der Waals surface area contributed by atoms with E-state index in [-0.39, 0.29) is 17.7 Å². The van der Waals surface area contributed by atoms with Crippen LogP contribution in [0.3, 0.4) is 0 Å². The van der Waals surface area contributed by atoms with Crippen molar-refractivity contribution in [1.82, 2.24) is 0 Å². The van der Waals surface area contributed by atoms with Crippen LogP contribution in [0.4, 0.5) is 0 Å². The van der Waals surface area contributed by atoms with Crippen LogP contribution in [0.2, 0.25) is 0 Å². The van der Waals surface area contributed by atoms with Gasteiger partial charge in [0.2, 0.25) is 0 Å². The van der Waals surface area contributed by atoms with Crippen LogP contribution in [0.15, 0.2) is 18.2 Å². The molecule has 2 N–H and O–H groups in total. The summed E-state index contributed by atoms with van der Waals surface area (Å²) in [5.74, 6) is -2.02. The molecule has 0 amide bonds. The Morgan fingerprint density at radius 1 is 1.40 bits per heavy atom. The third-order valence-electron chi connectivity index (χ3n) is 1.87. The molecule has 0 heterocycles. The van der Waals surface area contributed by atoms with Crippen LogP contribution in [0.1, 0.15) is 15.9 Å². The third kappa shape index (κ3) is 2.70. The number of aromatic carboxylic acids is 1. The predicted molar refractivity (Wildman–Crippen MR) is 50.8 cm³/mol. The smallest absolute Gasteiger partial charge is 0.339 e. The molecular weight excluding hydrogens is 200 g/mol. The van der Waals surface area contributed by atoms with E-state index in [0.29, 0.717) is 5.56 Å². The summed E-state index contributed by atoms with van der Waals surface area (Å²) in [4.78, 5) is 21.6. The van der Waals surface area contributed by atoms with Gasteiger partial charge < -0.3 is 14.9 Å². The zero-order chi connectivity index (χ0) is 11.4. The van der Waals surface area contributed by atoms with E-state index < -0.39 is 11.9 Å². The van der Waals surface area contributed by atoms with Gasteiger partial charge in [-0.15, -0.1) is 0 Å². The first-order valence-electron chi connectivity index (χ1n) is 4.16. The molecule has 1 aromatic carbocycles. The van der Waals surface area contributed by atoms with Crippen molar-refractivity contribution < 1.29 is 24.5 Å². The topological polar surface area (TPSA) is 83.8 Å².